The fraction of sp³-hybridized carbons (Fsp3) is 0.552. The van der Waals surface area contributed by atoms with Crippen LogP contribution in [0.4, 0.5) is 0 Å². The number of nitrogens with zero attached hydrogens (tertiary/aromatic N) is 1. The molecule has 0 saturated carbocycles. The Morgan fingerprint density at radius 1 is 0.677 bits per heavy atom. The molecule has 0 N–H and O–H groups in total. The Kier molecular flexibility index (Phi) is 10.2. The summed E-state index contributed by atoms with van der Waals surface area (Å²) in [5.41, 5.74) is 2.56. The van der Waals surface area contributed by atoms with Crippen molar-refractivity contribution in [3.05, 3.63) is 48.5 Å². The van der Waals surface area contributed by atoms with E-state index in [1.165, 1.54) is 98.7 Å². The second-order valence-corrected chi connectivity index (χ2v) is 9.19. The molecule has 0 aliphatic heterocycles. The summed E-state index contributed by atoms with van der Waals surface area (Å²) in [4.78, 5) is 11.7. The highest BCUT2D eigenvalue weighted by Crippen LogP contribution is 2.29. The minimum Gasteiger partial charge on any atom is -0.340 e. The molecule has 2 aromatic carbocycles. The highest BCUT2D eigenvalue weighted by atomic mass is 16.1. The van der Waals surface area contributed by atoms with Crippen LogP contribution in [0.15, 0.2) is 48.5 Å². The van der Waals surface area contributed by atoms with Crippen molar-refractivity contribution in [2.24, 2.45) is 5.92 Å². The van der Waals surface area contributed by atoms with Crippen LogP contribution in [-0.2, 0) is 11.3 Å². The maximum Gasteiger partial charge on any atom is 0.123 e. The molecule has 1 heterocycles. The van der Waals surface area contributed by atoms with Crippen molar-refractivity contribution in [3.63, 3.8) is 0 Å². The molecule has 0 aliphatic rings. The van der Waals surface area contributed by atoms with Crippen LogP contribution in [0.2, 0.25) is 0 Å². The summed E-state index contributed by atoms with van der Waals surface area (Å²) in [7, 11) is 0. The predicted octanol–water partition coefficient (Wildman–Crippen LogP) is 8.70. The molecule has 31 heavy (non-hydrogen) atoms. The molecular weight excluding hydrogens is 378 g/mol. The first-order valence-electron chi connectivity index (χ1n) is 12.8. The van der Waals surface area contributed by atoms with Gasteiger partial charge in [-0.15, -0.1) is 0 Å². The van der Waals surface area contributed by atoms with E-state index in [0.717, 1.165) is 19.4 Å². The number of hydrogen-bond donors (Lipinski definition) is 0. The number of unbranched alkanes of at least 4 members (excludes halogenated alkanes) is 10. The highest BCUT2D eigenvalue weighted by molar-refractivity contribution is 6.07. The maximum absolute atomic E-state index is 11.7. The van der Waals surface area contributed by atoms with Gasteiger partial charge in [0.2, 0.25) is 0 Å². The number of carbonyl (C=O) groups is 1. The van der Waals surface area contributed by atoms with E-state index >= 15 is 0 Å². The standard InChI is InChI=1S/C29H41NO/c1-2-3-4-5-6-7-8-9-10-11-12-17-25(24-31)22-23-30-28-20-15-13-18-26(28)27-19-14-16-21-29(27)30/h13-16,18-21,24-25H,2-12,17,22-23H2,1H3. The van der Waals surface area contributed by atoms with Crippen LogP contribution in [0.3, 0.4) is 0 Å². The molecule has 2 nitrogen and oxygen atoms in total. The number of fused-ring (bicyclic) bond motifs is 3. The fourth-order valence-corrected chi connectivity index (χ4v) is 4.89. The average molecular weight is 420 g/mol. The van der Waals surface area contributed by atoms with Gasteiger partial charge in [0.25, 0.3) is 0 Å². The van der Waals surface area contributed by atoms with Gasteiger partial charge in [-0.2, -0.15) is 0 Å². The second-order valence-electron chi connectivity index (χ2n) is 9.19. The molecule has 0 amide bonds. The van der Waals surface area contributed by atoms with Gasteiger partial charge in [-0.3, -0.25) is 0 Å². The Labute approximate surface area is 189 Å². The smallest absolute Gasteiger partial charge is 0.123 e. The van der Waals surface area contributed by atoms with Crippen molar-refractivity contribution in [2.75, 3.05) is 0 Å². The Morgan fingerprint density at radius 2 is 1.16 bits per heavy atom. The van der Waals surface area contributed by atoms with E-state index in [0.29, 0.717) is 0 Å². The lowest BCUT2D eigenvalue weighted by Crippen LogP contribution is -2.08. The van der Waals surface area contributed by atoms with Crippen LogP contribution in [-0.4, -0.2) is 10.9 Å². The topological polar surface area (TPSA) is 22.0 Å². The van der Waals surface area contributed by atoms with E-state index in [1.807, 2.05) is 0 Å². The number of rotatable bonds is 16. The molecule has 0 fully saturated rings. The first-order valence-corrected chi connectivity index (χ1v) is 12.8. The zero-order valence-electron chi connectivity index (χ0n) is 19.5. The van der Waals surface area contributed by atoms with Crippen molar-refractivity contribution < 1.29 is 4.79 Å². The zero-order valence-corrected chi connectivity index (χ0v) is 19.5. The summed E-state index contributed by atoms with van der Waals surface area (Å²) in [6.07, 6.45) is 18.1. The monoisotopic (exact) mass is 419 g/mol. The first-order chi connectivity index (χ1) is 15.3. The molecule has 168 valence electrons. The summed E-state index contributed by atoms with van der Waals surface area (Å²) < 4.78 is 2.40. The van der Waals surface area contributed by atoms with Crippen LogP contribution in [0.1, 0.15) is 90.4 Å². The van der Waals surface area contributed by atoms with Crippen LogP contribution in [0.25, 0.3) is 21.8 Å². The van der Waals surface area contributed by atoms with Crippen molar-refractivity contribution >= 4 is 28.1 Å². The molecule has 1 unspecified atom stereocenters. The number of carbonyl (C=O) groups excluding carboxylic acids is 1. The molecule has 3 aromatic rings. The van der Waals surface area contributed by atoms with E-state index in [2.05, 4.69) is 60.0 Å². The van der Waals surface area contributed by atoms with Crippen LogP contribution in [0.5, 0.6) is 0 Å². The highest BCUT2D eigenvalue weighted by Gasteiger charge is 2.12. The van der Waals surface area contributed by atoms with Crippen LogP contribution < -0.4 is 0 Å². The van der Waals surface area contributed by atoms with Gasteiger partial charge < -0.3 is 9.36 Å². The normalized spacial score (nSPS) is 12.5. The molecule has 1 atom stereocenters. The van der Waals surface area contributed by atoms with Gasteiger partial charge in [0.05, 0.1) is 0 Å². The second kappa shape index (κ2) is 13.3. The van der Waals surface area contributed by atoms with Gasteiger partial charge in [-0.25, -0.2) is 0 Å². The Bertz CT molecular complexity index is 856. The first kappa shape index (κ1) is 23.6. The van der Waals surface area contributed by atoms with Crippen molar-refractivity contribution in [1.82, 2.24) is 4.57 Å². The van der Waals surface area contributed by atoms with Gasteiger partial charge in [-0.1, -0.05) is 114 Å². The Morgan fingerprint density at radius 3 is 1.68 bits per heavy atom. The van der Waals surface area contributed by atoms with E-state index in [1.54, 1.807) is 0 Å². The lowest BCUT2D eigenvalue weighted by atomic mass is 9.98. The molecule has 0 radical (unpaired) electrons. The molecular formula is C29H41NO. The maximum atomic E-state index is 11.7. The third-order valence-corrected chi connectivity index (χ3v) is 6.77. The van der Waals surface area contributed by atoms with Gasteiger partial charge in [0, 0.05) is 34.3 Å². The molecule has 0 bridgehead atoms. The molecule has 0 saturated heterocycles. The van der Waals surface area contributed by atoms with Crippen LogP contribution >= 0.6 is 0 Å². The number of hydrogen-bond acceptors (Lipinski definition) is 1. The molecule has 3 rings (SSSR count). The average Bonchev–Trinajstić information content (AvgIpc) is 3.13. The lowest BCUT2D eigenvalue weighted by molar-refractivity contribution is -0.111. The quantitative estimate of drug-likeness (QED) is 0.168. The van der Waals surface area contributed by atoms with E-state index in [9.17, 15) is 4.79 Å². The van der Waals surface area contributed by atoms with E-state index < -0.39 is 0 Å². The molecule has 1 aromatic heterocycles. The van der Waals surface area contributed by atoms with Crippen molar-refractivity contribution in [3.8, 4) is 0 Å². The number of aldehydes is 1. The van der Waals surface area contributed by atoms with Gasteiger partial charge >= 0.3 is 0 Å². The van der Waals surface area contributed by atoms with Crippen LogP contribution in [0, 0.1) is 5.92 Å². The van der Waals surface area contributed by atoms with Gasteiger partial charge in [0.15, 0.2) is 0 Å². The van der Waals surface area contributed by atoms with E-state index in [-0.39, 0.29) is 5.92 Å². The molecule has 2 heteroatoms. The summed E-state index contributed by atoms with van der Waals surface area (Å²) in [5.74, 6) is 0.179. The largest absolute Gasteiger partial charge is 0.340 e. The lowest BCUT2D eigenvalue weighted by Gasteiger charge is -2.13. The number of aryl methyl sites for hydroxylation is 1. The SMILES string of the molecule is CCCCCCCCCCCCCC(C=O)CCn1c2ccccc2c2ccccc21. The minimum atomic E-state index is 0.179. The number of benzene rings is 2. The molecule has 0 spiro atoms. The van der Waals surface area contributed by atoms with E-state index in [4.69, 9.17) is 0 Å². The third kappa shape index (κ3) is 6.95. The summed E-state index contributed by atoms with van der Waals surface area (Å²) in [5, 5.41) is 2.62. The van der Waals surface area contributed by atoms with Gasteiger partial charge in [-0.05, 0) is 25.0 Å². The van der Waals surface area contributed by atoms with Gasteiger partial charge in [0.1, 0.15) is 6.29 Å². The van der Waals surface area contributed by atoms with Crippen molar-refractivity contribution in [2.45, 2.75) is 96.9 Å². The predicted molar refractivity (Wildman–Crippen MR) is 135 cm³/mol. The Hall–Kier alpha value is -2.09. The third-order valence-electron chi connectivity index (χ3n) is 6.77. The summed E-state index contributed by atoms with van der Waals surface area (Å²) in [6, 6.07) is 17.3. The Balaban J connectivity index is 1.38. The van der Waals surface area contributed by atoms with Crippen molar-refractivity contribution in [1.29, 1.82) is 0 Å². The number of aromatic nitrogens is 1. The minimum absolute atomic E-state index is 0.179. The number of para-hydroxylation sites is 2. The zero-order chi connectivity index (χ0) is 21.7. The molecule has 0 aliphatic carbocycles. The fourth-order valence-electron chi connectivity index (χ4n) is 4.89. The summed E-state index contributed by atoms with van der Waals surface area (Å²) >= 11 is 0. The summed E-state index contributed by atoms with van der Waals surface area (Å²) in [6.45, 7) is 3.19.